The zero-order valence-corrected chi connectivity index (χ0v) is 7.10. The van der Waals surface area contributed by atoms with E-state index in [1.54, 1.807) is 11.9 Å². The number of nitrogens with two attached hydrogens (primary N) is 2. The molecule has 0 spiro atoms. The number of fused-ring (bicyclic) bond motifs is 3. The van der Waals surface area contributed by atoms with Crippen molar-refractivity contribution in [1.29, 1.82) is 0 Å². The van der Waals surface area contributed by atoms with Gasteiger partial charge in [0.25, 0.3) is 0 Å². The van der Waals surface area contributed by atoms with Gasteiger partial charge >= 0.3 is 6.03 Å². The Morgan fingerprint density at radius 2 is 1.75 bits per heavy atom. The van der Waals surface area contributed by atoms with Crippen LogP contribution >= 0.6 is 11.9 Å². The van der Waals surface area contributed by atoms with E-state index < -0.39 is 6.03 Å². The van der Waals surface area contributed by atoms with Gasteiger partial charge in [-0.1, -0.05) is 0 Å². The van der Waals surface area contributed by atoms with Gasteiger partial charge in [-0.05, 0) is 36.2 Å². The molecule has 0 saturated carbocycles. The molecule has 64 valence electrons. The Balaban J connectivity index is 0.000000157. The second-order valence-corrected chi connectivity index (χ2v) is 3.01. The Morgan fingerprint density at radius 1 is 1.25 bits per heavy atom. The summed E-state index contributed by atoms with van der Waals surface area (Å²) in [5, 5.41) is 0. The standard InChI is InChI=1S/C6H5NS.CH4N2O/c1-3-6-4-2-5(1)7-8-6;2-1(3)4/h1-4,7H;(H4,2,3,4). The fourth-order valence-electron chi connectivity index (χ4n) is 0.709. The number of urea groups is 1. The minimum atomic E-state index is -0.833. The first kappa shape index (κ1) is 8.73. The lowest BCUT2D eigenvalue weighted by molar-refractivity contribution is 0.256. The van der Waals surface area contributed by atoms with Gasteiger partial charge in [-0.3, -0.25) is 0 Å². The highest BCUT2D eigenvalue weighted by atomic mass is 32.2. The molecule has 1 aromatic rings. The molecule has 5 heteroatoms. The number of amides is 2. The summed E-state index contributed by atoms with van der Waals surface area (Å²) in [7, 11) is 0. The third-order valence-electron chi connectivity index (χ3n) is 1.14. The number of carbonyl (C=O) groups excluding carboxylic acids is 1. The molecule has 0 saturated heterocycles. The van der Waals surface area contributed by atoms with Crippen LogP contribution in [0.4, 0.5) is 10.5 Å². The minimum absolute atomic E-state index is 0.833. The highest BCUT2D eigenvalue weighted by molar-refractivity contribution is 8.00. The van der Waals surface area contributed by atoms with Crippen molar-refractivity contribution in [3.8, 4) is 0 Å². The predicted octanol–water partition coefficient (Wildman–Crippen LogP) is 1.14. The molecule has 2 heterocycles. The fourth-order valence-corrected chi connectivity index (χ4v) is 1.35. The Hall–Kier alpha value is -1.36. The first-order chi connectivity index (χ1) is 5.68. The topological polar surface area (TPSA) is 81.1 Å². The molecule has 0 fully saturated rings. The predicted molar refractivity (Wildman–Crippen MR) is 49.7 cm³/mol. The Kier molecular flexibility index (Phi) is 2.82. The first-order valence-corrected chi connectivity index (χ1v) is 4.08. The number of carbonyl (C=O) groups is 1. The fraction of sp³-hybridized carbons (Fsp3) is 0. The van der Waals surface area contributed by atoms with E-state index in [4.69, 9.17) is 4.79 Å². The lowest BCUT2D eigenvalue weighted by atomic mass is 10.3. The molecule has 0 unspecified atom stereocenters. The van der Waals surface area contributed by atoms with E-state index in [1.807, 2.05) is 0 Å². The van der Waals surface area contributed by atoms with Gasteiger partial charge in [-0.15, -0.1) is 0 Å². The molecular weight excluding hydrogens is 174 g/mol. The molecule has 5 N–H and O–H groups in total. The number of hydrogen-bond acceptors (Lipinski definition) is 3. The van der Waals surface area contributed by atoms with Gasteiger partial charge < -0.3 is 16.2 Å². The van der Waals surface area contributed by atoms with E-state index >= 15 is 0 Å². The van der Waals surface area contributed by atoms with Gasteiger partial charge in [0, 0.05) is 10.6 Å². The molecule has 2 amide bonds. The van der Waals surface area contributed by atoms with Crippen molar-refractivity contribution in [2.24, 2.45) is 11.5 Å². The summed E-state index contributed by atoms with van der Waals surface area (Å²) in [5.41, 5.74) is 9.70. The van der Waals surface area contributed by atoms with Crippen LogP contribution in [0.25, 0.3) is 0 Å². The molecule has 0 aromatic heterocycles. The van der Waals surface area contributed by atoms with Crippen molar-refractivity contribution in [1.82, 2.24) is 0 Å². The Morgan fingerprint density at radius 3 is 1.83 bits per heavy atom. The third kappa shape index (κ3) is 2.71. The van der Waals surface area contributed by atoms with Gasteiger partial charge in [0.05, 0.1) is 0 Å². The highest BCUT2D eigenvalue weighted by Gasteiger charge is 2.00. The van der Waals surface area contributed by atoms with Gasteiger partial charge in [0.15, 0.2) is 0 Å². The first-order valence-electron chi connectivity index (χ1n) is 3.26. The second kappa shape index (κ2) is 3.87. The molecule has 2 aliphatic rings. The average molecular weight is 183 g/mol. The quantitative estimate of drug-likeness (QED) is 0.527. The molecule has 3 rings (SSSR count). The van der Waals surface area contributed by atoms with Crippen LogP contribution in [0, 0.1) is 0 Å². The second-order valence-electron chi connectivity index (χ2n) is 2.13. The maximum absolute atomic E-state index is 9.00. The number of hydrogen-bond donors (Lipinski definition) is 3. The van der Waals surface area contributed by atoms with E-state index in [0.717, 1.165) is 0 Å². The van der Waals surface area contributed by atoms with Gasteiger partial charge in [-0.2, -0.15) is 0 Å². The van der Waals surface area contributed by atoms with Gasteiger partial charge in [0.1, 0.15) is 0 Å². The largest absolute Gasteiger partial charge is 0.352 e. The van der Waals surface area contributed by atoms with Crippen molar-refractivity contribution in [3.63, 3.8) is 0 Å². The van der Waals surface area contributed by atoms with Crippen molar-refractivity contribution in [2.45, 2.75) is 4.90 Å². The lowest BCUT2D eigenvalue weighted by Crippen LogP contribution is -2.18. The van der Waals surface area contributed by atoms with Crippen LogP contribution in [0.3, 0.4) is 0 Å². The molecule has 0 radical (unpaired) electrons. The van der Waals surface area contributed by atoms with E-state index in [0.29, 0.717) is 0 Å². The minimum Gasteiger partial charge on any atom is -0.352 e. The van der Waals surface area contributed by atoms with Crippen LogP contribution in [-0.4, -0.2) is 6.03 Å². The summed E-state index contributed by atoms with van der Waals surface area (Å²) in [6, 6.07) is 7.53. The smallest absolute Gasteiger partial charge is 0.309 e. The van der Waals surface area contributed by atoms with Crippen LogP contribution in [0.5, 0.6) is 0 Å². The van der Waals surface area contributed by atoms with Gasteiger partial charge in [-0.25, -0.2) is 4.79 Å². The van der Waals surface area contributed by atoms with Crippen LogP contribution in [-0.2, 0) is 0 Å². The highest BCUT2D eigenvalue weighted by Crippen LogP contribution is 2.27. The lowest BCUT2D eigenvalue weighted by Gasteiger charge is -2.11. The maximum atomic E-state index is 9.00. The summed E-state index contributed by atoms with van der Waals surface area (Å²) < 4.78 is 3.14. The van der Waals surface area contributed by atoms with E-state index in [-0.39, 0.29) is 0 Å². The van der Waals surface area contributed by atoms with Crippen LogP contribution < -0.4 is 16.2 Å². The maximum Gasteiger partial charge on any atom is 0.309 e. The van der Waals surface area contributed by atoms with Crippen molar-refractivity contribution in [2.75, 3.05) is 4.72 Å². The average Bonchev–Trinajstić information content (AvgIpc) is 2.07. The Bertz CT molecular complexity index is 245. The van der Waals surface area contributed by atoms with Crippen molar-refractivity contribution >= 4 is 23.7 Å². The summed E-state index contributed by atoms with van der Waals surface area (Å²) in [6.45, 7) is 0. The number of benzene rings is 1. The monoisotopic (exact) mass is 183 g/mol. The molecule has 2 aliphatic heterocycles. The summed E-state index contributed by atoms with van der Waals surface area (Å²) in [6.07, 6.45) is 0. The zero-order valence-electron chi connectivity index (χ0n) is 6.28. The third-order valence-corrected chi connectivity index (χ3v) is 1.99. The van der Waals surface area contributed by atoms with E-state index in [9.17, 15) is 0 Å². The van der Waals surface area contributed by atoms with Crippen LogP contribution in [0.2, 0.25) is 0 Å². The molecular formula is C7H9N3OS. The van der Waals surface area contributed by atoms with E-state index in [2.05, 4.69) is 40.5 Å². The molecule has 4 nitrogen and oxygen atoms in total. The van der Waals surface area contributed by atoms with E-state index in [1.165, 1.54) is 10.6 Å². The summed E-state index contributed by atoms with van der Waals surface area (Å²) in [5.74, 6) is 0. The number of anilines is 1. The molecule has 1 aromatic carbocycles. The van der Waals surface area contributed by atoms with Crippen LogP contribution in [0.1, 0.15) is 0 Å². The zero-order chi connectivity index (χ0) is 8.97. The normalized spacial score (nSPS) is 11.0. The summed E-state index contributed by atoms with van der Waals surface area (Å²) in [4.78, 5) is 10.3. The van der Waals surface area contributed by atoms with Crippen molar-refractivity contribution in [3.05, 3.63) is 24.3 Å². The number of nitrogens with one attached hydrogen (secondary N) is 1. The number of primary amides is 2. The number of rotatable bonds is 0. The van der Waals surface area contributed by atoms with Crippen LogP contribution in [0.15, 0.2) is 29.2 Å². The molecule has 0 aliphatic carbocycles. The SMILES string of the molecule is NC(N)=O.c1cc2ccc1NS2. The molecule has 12 heavy (non-hydrogen) atoms. The summed E-state index contributed by atoms with van der Waals surface area (Å²) >= 11 is 1.67. The van der Waals surface area contributed by atoms with Crippen molar-refractivity contribution < 1.29 is 4.79 Å². The molecule has 2 bridgehead atoms. The van der Waals surface area contributed by atoms with Gasteiger partial charge in [0.2, 0.25) is 0 Å². The Labute approximate surface area is 74.4 Å². The molecule has 0 atom stereocenters.